The normalized spacial score (nSPS) is 11.2. The zero-order chi connectivity index (χ0) is 19.5. The number of methoxy groups -OCH3 is 3. The van der Waals surface area contributed by atoms with Gasteiger partial charge in [0.1, 0.15) is 5.52 Å². The number of H-pyrrole nitrogens is 1. The first-order valence-electron chi connectivity index (χ1n) is 8.43. The van der Waals surface area contributed by atoms with Gasteiger partial charge in [0.25, 0.3) is 0 Å². The molecular formula is C19H18N6O3. The molecule has 9 heteroatoms. The fraction of sp³-hybridized carbons (Fsp3) is 0.158. The summed E-state index contributed by atoms with van der Waals surface area (Å²) in [5.74, 6) is 1.93. The minimum Gasteiger partial charge on any atom is -0.493 e. The van der Waals surface area contributed by atoms with Crippen LogP contribution in [0, 0.1) is 0 Å². The van der Waals surface area contributed by atoms with Gasteiger partial charge in [0.05, 0.1) is 33.2 Å². The summed E-state index contributed by atoms with van der Waals surface area (Å²) < 4.78 is 16.0. The fourth-order valence-corrected chi connectivity index (χ4v) is 2.90. The largest absolute Gasteiger partial charge is 0.493 e. The van der Waals surface area contributed by atoms with Gasteiger partial charge in [-0.3, -0.25) is 5.43 Å². The van der Waals surface area contributed by atoms with Gasteiger partial charge in [-0.2, -0.15) is 5.10 Å². The first kappa shape index (κ1) is 17.5. The lowest BCUT2D eigenvalue weighted by atomic mass is 10.2. The number of aromatic amines is 1. The summed E-state index contributed by atoms with van der Waals surface area (Å²) in [5, 5.41) is 13.5. The summed E-state index contributed by atoms with van der Waals surface area (Å²) in [6.45, 7) is 0. The fourth-order valence-electron chi connectivity index (χ4n) is 2.90. The predicted octanol–water partition coefficient (Wildman–Crippen LogP) is 2.98. The Hall–Kier alpha value is -3.88. The number of rotatable bonds is 6. The number of ether oxygens (including phenoxy) is 3. The topological polar surface area (TPSA) is 107 Å². The van der Waals surface area contributed by atoms with Crippen LogP contribution in [0.3, 0.4) is 0 Å². The van der Waals surface area contributed by atoms with Crippen molar-refractivity contribution >= 4 is 34.0 Å². The summed E-state index contributed by atoms with van der Waals surface area (Å²) in [6.07, 6.45) is 1.49. The Bertz CT molecular complexity index is 1150. The Labute approximate surface area is 160 Å². The van der Waals surface area contributed by atoms with E-state index in [4.69, 9.17) is 14.2 Å². The van der Waals surface area contributed by atoms with Crippen LogP contribution in [0.2, 0.25) is 0 Å². The summed E-state index contributed by atoms with van der Waals surface area (Å²) in [6, 6.07) is 11.4. The Morgan fingerprint density at radius 1 is 1.00 bits per heavy atom. The molecule has 0 atom stereocenters. The molecule has 0 spiro atoms. The van der Waals surface area contributed by atoms with Crippen LogP contribution in [-0.4, -0.2) is 47.7 Å². The Balaban J connectivity index is 1.58. The SMILES string of the molecule is COc1cc(N/N=C/c2nnc3c(n2)[nH]c2ccccc23)cc(OC)c1OC. The van der Waals surface area contributed by atoms with Gasteiger partial charge in [-0.05, 0) is 6.07 Å². The van der Waals surface area contributed by atoms with Crippen molar-refractivity contribution < 1.29 is 14.2 Å². The van der Waals surface area contributed by atoms with Gasteiger partial charge in [0.2, 0.25) is 5.75 Å². The number of hydrogen-bond acceptors (Lipinski definition) is 8. The highest BCUT2D eigenvalue weighted by Crippen LogP contribution is 2.39. The van der Waals surface area contributed by atoms with E-state index < -0.39 is 0 Å². The lowest BCUT2D eigenvalue weighted by molar-refractivity contribution is 0.324. The second-order valence-electron chi connectivity index (χ2n) is 5.82. The molecule has 0 saturated heterocycles. The summed E-state index contributed by atoms with van der Waals surface area (Å²) >= 11 is 0. The van der Waals surface area contributed by atoms with Crippen molar-refractivity contribution in [3.05, 3.63) is 42.2 Å². The van der Waals surface area contributed by atoms with Crippen molar-refractivity contribution in [3.63, 3.8) is 0 Å². The number of anilines is 1. The Morgan fingerprint density at radius 3 is 2.46 bits per heavy atom. The molecule has 28 heavy (non-hydrogen) atoms. The number of fused-ring (bicyclic) bond motifs is 3. The van der Waals surface area contributed by atoms with Crippen LogP contribution in [0.1, 0.15) is 5.82 Å². The molecule has 0 aliphatic rings. The number of aromatic nitrogens is 4. The third kappa shape index (κ3) is 3.13. The second-order valence-corrected chi connectivity index (χ2v) is 5.82. The van der Waals surface area contributed by atoms with Crippen LogP contribution in [0.4, 0.5) is 5.69 Å². The van der Waals surface area contributed by atoms with Crippen LogP contribution in [0.25, 0.3) is 22.1 Å². The Morgan fingerprint density at radius 2 is 1.75 bits per heavy atom. The van der Waals surface area contributed by atoms with Crippen molar-refractivity contribution in [2.75, 3.05) is 26.8 Å². The van der Waals surface area contributed by atoms with E-state index in [1.807, 2.05) is 24.3 Å². The maximum atomic E-state index is 5.33. The van der Waals surface area contributed by atoms with Gasteiger partial charge in [-0.25, -0.2) is 4.98 Å². The molecule has 0 bridgehead atoms. The molecule has 0 amide bonds. The van der Waals surface area contributed by atoms with E-state index in [-0.39, 0.29) is 0 Å². The monoisotopic (exact) mass is 378 g/mol. The second kappa shape index (κ2) is 7.39. The molecule has 142 valence electrons. The quantitative estimate of drug-likeness (QED) is 0.392. The molecule has 2 aromatic carbocycles. The average molecular weight is 378 g/mol. The van der Waals surface area contributed by atoms with E-state index in [0.29, 0.717) is 34.4 Å². The predicted molar refractivity (Wildman–Crippen MR) is 107 cm³/mol. The number of benzene rings is 2. The first-order chi connectivity index (χ1) is 13.7. The zero-order valence-corrected chi connectivity index (χ0v) is 15.6. The lowest BCUT2D eigenvalue weighted by Gasteiger charge is -2.13. The van der Waals surface area contributed by atoms with Gasteiger partial charge in [-0.15, -0.1) is 10.2 Å². The maximum absolute atomic E-state index is 5.33. The van der Waals surface area contributed by atoms with E-state index in [1.165, 1.54) is 6.21 Å². The summed E-state index contributed by atoms with van der Waals surface area (Å²) in [4.78, 5) is 7.68. The van der Waals surface area contributed by atoms with E-state index >= 15 is 0 Å². The van der Waals surface area contributed by atoms with Crippen LogP contribution in [-0.2, 0) is 0 Å². The Kier molecular flexibility index (Phi) is 4.63. The molecule has 0 fully saturated rings. The van der Waals surface area contributed by atoms with Gasteiger partial charge in [-0.1, -0.05) is 18.2 Å². The standard InChI is InChI=1S/C19H18N6O3/c1-26-14-8-11(9-15(27-2)18(14)28-3)23-20-10-16-22-19-17(25-24-16)12-6-4-5-7-13(12)21-19/h4-10,23H,1-3H3,(H,21,22,24)/b20-10+. The minimum absolute atomic E-state index is 0.374. The van der Waals surface area contributed by atoms with Gasteiger partial charge < -0.3 is 19.2 Å². The van der Waals surface area contributed by atoms with Crippen LogP contribution >= 0.6 is 0 Å². The minimum atomic E-state index is 0.374. The molecule has 0 aliphatic heterocycles. The number of nitrogens with one attached hydrogen (secondary N) is 2. The van der Waals surface area contributed by atoms with E-state index in [2.05, 4.69) is 30.7 Å². The van der Waals surface area contributed by atoms with Crippen molar-refractivity contribution in [2.45, 2.75) is 0 Å². The van der Waals surface area contributed by atoms with E-state index in [9.17, 15) is 0 Å². The first-order valence-corrected chi connectivity index (χ1v) is 8.43. The van der Waals surface area contributed by atoms with E-state index in [1.54, 1.807) is 33.5 Å². The third-order valence-electron chi connectivity index (χ3n) is 4.18. The van der Waals surface area contributed by atoms with Gasteiger partial charge >= 0.3 is 0 Å². The molecule has 0 unspecified atom stereocenters. The maximum Gasteiger partial charge on any atom is 0.203 e. The van der Waals surface area contributed by atoms with Gasteiger partial charge in [0, 0.05) is 23.0 Å². The highest BCUT2D eigenvalue weighted by atomic mass is 16.5. The summed E-state index contributed by atoms with van der Waals surface area (Å²) in [5.41, 5.74) is 5.91. The number of hydrazone groups is 1. The van der Waals surface area contributed by atoms with Gasteiger partial charge in [0.15, 0.2) is 23.0 Å². The van der Waals surface area contributed by atoms with Crippen molar-refractivity contribution in [3.8, 4) is 17.2 Å². The molecule has 9 nitrogen and oxygen atoms in total. The number of hydrogen-bond donors (Lipinski definition) is 2. The van der Waals surface area contributed by atoms with Crippen molar-refractivity contribution in [1.29, 1.82) is 0 Å². The smallest absolute Gasteiger partial charge is 0.203 e. The zero-order valence-electron chi connectivity index (χ0n) is 15.6. The molecule has 2 aromatic heterocycles. The lowest BCUT2D eigenvalue weighted by Crippen LogP contribution is -2.00. The molecular weight excluding hydrogens is 360 g/mol. The highest BCUT2D eigenvalue weighted by Gasteiger charge is 2.13. The van der Waals surface area contributed by atoms with Crippen LogP contribution < -0.4 is 19.6 Å². The molecule has 0 saturated carbocycles. The van der Waals surface area contributed by atoms with Crippen LogP contribution in [0.5, 0.6) is 17.2 Å². The van der Waals surface area contributed by atoms with E-state index in [0.717, 1.165) is 16.4 Å². The molecule has 0 aliphatic carbocycles. The molecule has 4 aromatic rings. The molecule has 2 N–H and O–H groups in total. The molecule has 0 radical (unpaired) electrons. The highest BCUT2D eigenvalue weighted by molar-refractivity contribution is 6.03. The molecule has 2 heterocycles. The molecule has 4 rings (SSSR count). The average Bonchev–Trinajstić information content (AvgIpc) is 3.10. The number of para-hydroxylation sites is 1. The number of nitrogens with zero attached hydrogens (tertiary/aromatic N) is 4. The third-order valence-corrected chi connectivity index (χ3v) is 4.18. The van der Waals surface area contributed by atoms with Crippen molar-refractivity contribution in [2.24, 2.45) is 5.10 Å². The van der Waals surface area contributed by atoms with Crippen molar-refractivity contribution in [1.82, 2.24) is 20.2 Å². The van der Waals surface area contributed by atoms with Crippen LogP contribution in [0.15, 0.2) is 41.5 Å². The summed E-state index contributed by atoms with van der Waals surface area (Å²) in [7, 11) is 4.66.